The van der Waals surface area contributed by atoms with Crippen LogP contribution in [0.1, 0.15) is 25.7 Å². The highest BCUT2D eigenvalue weighted by Gasteiger charge is 2.40. The van der Waals surface area contributed by atoms with E-state index in [1.165, 1.54) is 0 Å². The average molecular weight is 270 g/mol. The molecule has 0 aromatic heterocycles. The van der Waals surface area contributed by atoms with Crippen molar-refractivity contribution < 1.29 is 18.3 Å². The van der Waals surface area contributed by atoms with Crippen molar-refractivity contribution in [1.82, 2.24) is 4.90 Å². The molecule has 0 saturated heterocycles. The number of alkyl halides is 3. The number of hydrogen-bond acceptors (Lipinski definition) is 2. The summed E-state index contributed by atoms with van der Waals surface area (Å²) in [5.74, 6) is -0.133. The van der Waals surface area contributed by atoms with Crippen molar-refractivity contribution in [3.63, 3.8) is 0 Å². The normalized spacial score (nSPS) is 17.9. The lowest BCUT2D eigenvalue weighted by atomic mass is 9.77. The fraction of sp³-hybridized carbons (Fsp3) is 0.909. The molecule has 0 N–H and O–H groups in total. The Kier molecular flexibility index (Phi) is 5.59. The number of halogens is 3. The molecular weight excluding hydrogens is 252 g/mol. The predicted molar refractivity (Wildman–Crippen MR) is 61.5 cm³/mol. The smallest absolute Gasteiger partial charge is 0.255 e. The van der Waals surface area contributed by atoms with Crippen LogP contribution in [0.15, 0.2) is 0 Å². The molecular formula is C11H18ClF2NO2. The zero-order valence-electron chi connectivity index (χ0n) is 9.92. The van der Waals surface area contributed by atoms with Crippen LogP contribution in [0.3, 0.4) is 0 Å². The van der Waals surface area contributed by atoms with E-state index in [-0.39, 0.29) is 24.8 Å². The van der Waals surface area contributed by atoms with E-state index in [4.69, 9.17) is 16.3 Å². The van der Waals surface area contributed by atoms with Crippen LogP contribution in [-0.4, -0.2) is 48.9 Å². The Hall–Kier alpha value is -0.420. The maximum atomic E-state index is 12.3. The molecule has 6 heteroatoms. The molecule has 0 radical (unpaired) electrons. The monoisotopic (exact) mass is 269 g/mol. The third-order valence-corrected chi connectivity index (χ3v) is 3.41. The summed E-state index contributed by atoms with van der Waals surface area (Å²) in [5.41, 5.74) is -0.427. The Bertz CT molecular complexity index is 254. The van der Waals surface area contributed by atoms with Gasteiger partial charge in [0.05, 0.1) is 18.6 Å². The number of ether oxygens (including phenoxy) is 1. The Balaban J connectivity index is 2.52. The van der Waals surface area contributed by atoms with E-state index in [0.29, 0.717) is 0 Å². The minimum atomic E-state index is -2.53. The van der Waals surface area contributed by atoms with E-state index >= 15 is 0 Å². The Labute approximate surface area is 105 Å². The maximum absolute atomic E-state index is 12.3. The molecule has 0 unspecified atom stereocenters. The van der Waals surface area contributed by atoms with Gasteiger partial charge in [0.1, 0.15) is 0 Å². The minimum Gasteiger partial charge on any atom is -0.378 e. The van der Waals surface area contributed by atoms with Crippen LogP contribution in [0.5, 0.6) is 0 Å². The molecule has 0 aromatic carbocycles. The van der Waals surface area contributed by atoms with Gasteiger partial charge in [-0.15, -0.1) is 11.6 Å². The number of hydrogen-bond donors (Lipinski definition) is 0. The number of rotatable bonds is 7. The zero-order chi connectivity index (χ0) is 12.9. The zero-order valence-corrected chi connectivity index (χ0v) is 10.7. The third kappa shape index (κ3) is 4.07. The van der Waals surface area contributed by atoms with Gasteiger partial charge < -0.3 is 9.64 Å². The molecule has 3 nitrogen and oxygen atoms in total. The molecule has 1 aliphatic carbocycles. The van der Waals surface area contributed by atoms with Gasteiger partial charge in [-0.2, -0.15) is 0 Å². The van der Waals surface area contributed by atoms with Gasteiger partial charge in [0.2, 0.25) is 5.91 Å². The summed E-state index contributed by atoms with van der Waals surface area (Å²) in [4.78, 5) is 13.0. The van der Waals surface area contributed by atoms with E-state index in [1.807, 2.05) is 0 Å². The molecule has 0 aromatic rings. The molecule has 0 spiro atoms. The molecule has 1 saturated carbocycles. The number of methoxy groups -OCH3 is 1. The van der Waals surface area contributed by atoms with Crippen LogP contribution < -0.4 is 0 Å². The van der Waals surface area contributed by atoms with Gasteiger partial charge in [-0.3, -0.25) is 4.79 Å². The van der Waals surface area contributed by atoms with Crippen LogP contribution in [0.2, 0.25) is 0 Å². The summed E-state index contributed by atoms with van der Waals surface area (Å²) >= 11 is 5.51. The first-order valence-corrected chi connectivity index (χ1v) is 6.23. The van der Waals surface area contributed by atoms with Crippen LogP contribution in [0.25, 0.3) is 0 Å². The largest absolute Gasteiger partial charge is 0.378 e. The van der Waals surface area contributed by atoms with E-state index in [9.17, 15) is 13.6 Å². The molecule has 17 heavy (non-hydrogen) atoms. The van der Waals surface area contributed by atoms with E-state index < -0.39 is 18.6 Å². The number of amides is 1. The molecule has 1 aliphatic rings. The highest BCUT2D eigenvalue weighted by molar-refractivity contribution is 6.18. The van der Waals surface area contributed by atoms with Gasteiger partial charge in [0.25, 0.3) is 6.43 Å². The van der Waals surface area contributed by atoms with Crippen LogP contribution in [-0.2, 0) is 9.53 Å². The average Bonchev–Trinajstić information content (AvgIpc) is 2.22. The van der Waals surface area contributed by atoms with Crippen molar-refractivity contribution in [2.75, 3.05) is 26.1 Å². The molecule has 100 valence electrons. The van der Waals surface area contributed by atoms with Crippen LogP contribution >= 0.6 is 11.6 Å². The highest BCUT2D eigenvalue weighted by atomic mass is 35.5. The van der Waals surface area contributed by atoms with Gasteiger partial charge in [-0.1, -0.05) is 0 Å². The van der Waals surface area contributed by atoms with Crippen molar-refractivity contribution >= 4 is 17.5 Å². The quantitative estimate of drug-likeness (QED) is 0.664. The Morgan fingerprint density at radius 2 is 2.18 bits per heavy atom. The predicted octanol–water partition coefficient (Wildman–Crippen LogP) is 2.28. The van der Waals surface area contributed by atoms with Gasteiger partial charge in [0, 0.05) is 19.5 Å². The summed E-state index contributed by atoms with van der Waals surface area (Å²) < 4.78 is 29.9. The molecule has 1 amide bonds. The molecule has 0 heterocycles. The van der Waals surface area contributed by atoms with Crippen molar-refractivity contribution in [2.24, 2.45) is 0 Å². The number of carbonyl (C=O) groups is 1. The third-order valence-electron chi connectivity index (χ3n) is 3.24. The first-order valence-electron chi connectivity index (χ1n) is 5.70. The lowest BCUT2D eigenvalue weighted by Crippen LogP contribution is -2.46. The van der Waals surface area contributed by atoms with Gasteiger partial charge in [-0.05, 0) is 19.3 Å². The Morgan fingerprint density at radius 1 is 1.53 bits per heavy atom. The topological polar surface area (TPSA) is 29.5 Å². The second kappa shape index (κ2) is 6.50. The van der Waals surface area contributed by atoms with Crippen LogP contribution in [0.4, 0.5) is 8.78 Å². The molecule has 0 aliphatic heterocycles. The number of carbonyl (C=O) groups excluding carboxylic acids is 1. The van der Waals surface area contributed by atoms with Crippen molar-refractivity contribution in [1.29, 1.82) is 0 Å². The van der Waals surface area contributed by atoms with E-state index in [1.54, 1.807) is 7.11 Å². The fourth-order valence-corrected chi connectivity index (χ4v) is 2.20. The Morgan fingerprint density at radius 3 is 2.53 bits per heavy atom. The SMILES string of the molecule is COC1(CC(=O)N(CCCl)CC(F)F)CCC1. The standard InChI is InChI=1S/C11H18ClF2NO2/c1-17-11(3-2-4-11)7-10(16)15(6-5-12)8-9(13)14/h9H,2-8H2,1H3. The highest BCUT2D eigenvalue weighted by Crippen LogP contribution is 2.38. The van der Waals surface area contributed by atoms with E-state index in [2.05, 4.69) is 0 Å². The molecule has 1 fully saturated rings. The fourth-order valence-electron chi connectivity index (χ4n) is 2.00. The second-order valence-electron chi connectivity index (χ2n) is 4.34. The number of nitrogens with zero attached hydrogens (tertiary/aromatic N) is 1. The summed E-state index contributed by atoms with van der Waals surface area (Å²) in [6, 6.07) is 0. The van der Waals surface area contributed by atoms with Gasteiger partial charge >= 0.3 is 0 Å². The first kappa shape index (κ1) is 14.6. The lowest BCUT2D eigenvalue weighted by molar-refractivity contribution is -0.145. The summed E-state index contributed by atoms with van der Waals surface area (Å²) in [5, 5.41) is 0. The summed E-state index contributed by atoms with van der Waals surface area (Å²) in [6.07, 6.45) is 0.303. The van der Waals surface area contributed by atoms with Crippen molar-refractivity contribution in [3.8, 4) is 0 Å². The van der Waals surface area contributed by atoms with Gasteiger partial charge in [0.15, 0.2) is 0 Å². The van der Waals surface area contributed by atoms with Crippen molar-refractivity contribution in [3.05, 3.63) is 0 Å². The molecule has 1 rings (SSSR count). The second-order valence-corrected chi connectivity index (χ2v) is 4.72. The molecule has 0 bridgehead atoms. The minimum absolute atomic E-state index is 0.157. The van der Waals surface area contributed by atoms with Gasteiger partial charge in [-0.25, -0.2) is 8.78 Å². The van der Waals surface area contributed by atoms with Crippen LogP contribution in [0, 0.1) is 0 Å². The van der Waals surface area contributed by atoms with Crippen molar-refractivity contribution in [2.45, 2.75) is 37.7 Å². The maximum Gasteiger partial charge on any atom is 0.255 e. The first-order chi connectivity index (χ1) is 8.03. The summed E-state index contributed by atoms with van der Waals surface area (Å²) in [6.45, 7) is -0.393. The molecule has 0 atom stereocenters. The lowest BCUT2D eigenvalue weighted by Gasteiger charge is -2.41. The summed E-state index contributed by atoms with van der Waals surface area (Å²) in [7, 11) is 1.56. The van der Waals surface area contributed by atoms with E-state index in [0.717, 1.165) is 24.2 Å².